The van der Waals surface area contributed by atoms with E-state index in [4.69, 9.17) is 16.0 Å². The third-order valence-corrected chi connectivity index (χ3v) is 7.09. The number of pyridine rings is 1. The molecular weight excluding hydrogens is 708 g/mol. The zero-order chi connectivity index (χ0) is 27.5. The Balaban J connectivity index is 0.000000262. The average molecular weight is 728 g/mol. The molecule has 0 fully saturated rings. The SMILES string of the molecule is O.O=C(/C=C/c1ccc(O)cc1)c1cc2c(ccc3ccccc32)oc1=O.[Cu+].[O-]c1c(I)cc(Cl)c2cccnc12. The molecule has 0 saturated carbocycles. The molecule has 0 amide bonds. The maximum atomic E-state index is 12.5. The minimum absolute atomic E-state index is 0. The summed E-state index contributed by atoms with van der Waals surface area (Å²) in [4.78, 5) is 28.7. The van der Waals surface area contributed by atoms with E-state index in [1.807, 2.05) is 52.9 Å². The normalized spacial score (nSPS) is 10.6. The number of fused-ring (bicyclic) bond motifs is 4. The molecule has 0 aliphatic heterocycles. The number of aromatic hydroxyl groups is 1. The molecule has 2 aromatic heterocycles. The van der Waals surface area contributed by atoms with Gasteiger partial charge in [0.1, 0.15) is 16.9 Å². The first-order chi connectivity index (χ1) is 18.8. The minimum atomic E-state index is -0.659. The number of carbonyl (C=O) groups excluding carboxylic acids is 1. The minimum Gasteiger partial charge on any atom is -0.870 e. The molecule has 0 bridgehead atoms. The molecule has 6 rings (SSSR count). The molecule has 210 valence electrons. The zero-order valence-corrected chi connectivity index (χ0v) is 24.8. The summed E-state index contributed by atoms with van der Waals surface area (Å²) in [6, 6.07) is 24.6. The fraction of sp³-hybridized carbons (Fsp3) is 0. The van der Waals surface area contributed by atoms with Crippen LogP contribution in [0.5, 0.6) is 11.5 Å². The number of aromatic nitrogens is 1. The molecule has 0 aliphatic rings. The predicted molar refractivity (Wildman–Crippen MR) is 164 cm³/mol. The zero-order valence-electron chi connectivity index (χ0n) is 20.9. The standard InChI is InChI=1S/C22H14O4.C9H5ClINO.Cu.H2O/c23-16-9-5-14(6-10-16)7-11-20(24)19-13-18-17-4-2-1-3-15(17)8-12-21(18)26-22(19)25;10-6-4-7(11)9(13)8-5(6)2-1-3-12-8;;/h1-13,23H;1-4,13H;;1H2/q;;+1;/p-1/b11-7+;;;. The molecule has 2 heterocycles. The van der Waals surface area contributed by atoms with E-state index in [0.29, 0.717) is 19.7 Å². The Morgan fingerprint density at radius 2 is 1.66 bits per heavy atom. The summed E-state index contributed by atoms with van der Waals surface area (Å²) < 4.78 is 5.95. The van der Waals surface area contributed by atoms with Crippen LogP contribution in [0.4, 0.5) is 0 Å². The number of ketones is 1. The quantitative estimate of drug-likeness (QED) is 0.0569. The molecule has 0 atom stereocenters. The Hall–Kier alpha value is -3.73. The van der Waals surface area contributed by atoms with Crippen molar-refractivity contribution in [2.24, 2.45) is 0 Å². The molecule has 6 aromatic rings. The van der Waals surface area contributed by atoms with Gasteiger partial charge in [0, 0.05) is 20.5 Å². The van der Waals surface area contributed by atoms with Gasteiger partial charge in [-0.05, 0) is 87.5 Å². The summed E-state index contributed by atoms with van der Waals surface area (Å²) in [5, 5.41) is 24.8. The second-order valence-corrected chi connectivity index (χ2v) is 10.1. The topological polar surface area (TPSA) is 135 Å². The van der Waals surface area contributed by atoms with Gasteiger partial charge in [0.25, 0.3) is 0 Å². The summed E-state index contributed by atoms with van der Waals surface area (Å²) in [5.41, 5.74) is 0.968. The summed E-state index contributed by atoms with van der Waals surface area (Å²) in [7, 11) is 0. The van der Waals surface area contributed by atoms with E-state index in [9.17, 15) is 19.8 Å². The predicted octanol–water partition coefficient (Wildman–Crippen LogP) is 6.29. The van der Waals surface area contributed by atoms with Gasteiger partial charge in [-0.25, -0.2) is 4.79 Å². The number of hydrogen-bond donors (Lipinski definition) is 1. The maximum Gasteiger partial charge on any atom is 1.00 e. The van der Waals surface area contributed by atoms with Crippen LogP contribution in [0.15, 0.2) is 106 Å². The van der Waals surface area contributed by atoms with Crippen molar-refractivity contribution in [1.82, 2.24) is 4.98 Å². The van der Waals surface area contributed by atoms with Crippen molar-refractivity contribution >= 4 is 78.7 Å². The first-order valence-corrected chi connectivity index (χ1v) is 13.1. The molecule has 3 N–H and O–H groups in total. The van der Waals surface area contributed by atoms with Crippen LogP contribution in [0, 0.1) is 3.57 Å². The van der Waals surface area contributed by atoms with Crippen LogP contribution in [0.1, 0.15) is 15.9 Å². The number of allylic oxidation sites excluding steroid dienone is 1. The van der Waals surface area contributed by atoms with Crippen LogP contribution >= 0.6 is 34.2 Å². The first-order valence-electron chi connectivity index (χ1n) is 11.7. The molecule has 0 radical (unpaired) electrons. The number of benzene rings is 4. The molecule has 0 unspecified atom stereocenters. The van der Waals surface area contributed by atoms with Crippen LogP contribution in [-0.4, -0.2) is 21.3 Å². The third kappa shape index (κ3) is 6.95. The average Bonchev–Trinajstić information content (AvgIpc) is 2.95. The van der Waals surface area contributed by atoms with Crippen molar-refractivity contribution in [3.05, 3.63) is 127 Å². The van der Waals surface area contributed by atoms with Crippen molar-refractivity contribution < 1.29 is 42.0 Å². The number of hydrogen-bond acceptors (Lipinski definition) is 6. The summed E-state index contributed by atoms with van der Waals surface area (Å²) >= 11 is 7.91. The van der Waals surface area contributed by atoms with Gasteiger partial charge in [-0.1, -0.05) is 65.9 Å². The second kappa shape index (κ2) is 13.8. The van der Waals surface area contributed by atoms with Crippen LogP contribution < -0.4 is 10.7 Å². The van der Waals surface area contributed by atoms with Gasteiger partial charge in [-0.15, -0.1) is 0 Å². The third-order valence-electron chi connectivity index (χ3n) is 5.98. The van der Waals surface area contributed by atoms with E-state index in [1.165, 1.54) is 18.2 Å². The Bertz CT molecular complexity index is 1960. The van der Waals surface area contributed by atoms with Gasteiger partial charge in [0.2, 0.25) is 0 Å². The van der Waals surface area contributed by atoms with Crippen molar-refractivity contribution in [1.29, 1.82) is 0 Å². The van der Waals surface area contributed by atoms with Gasteiger partial charge in [0.05, 0.1) is 10.5 Å². The van der Waals surface area contributed by atoms with Crippen molar-refractivity contribution in [3.63, 3.8) is 0 Å². The van der Waals surface area contributed by atoms with E-state index in [0.717, 1.165) is 27.1 Å². The van der Waals surface area contributed by atoms with Crippen molar-refractivity contribution in [3.8, 4) is 11.5 Å². The summed E-state index contributed by atoms with van der Waals surface area (Å²) in [6.45, 7) is 0. The van der Waals surface area contributed by atoms with Crippen LogP contribution in [0.25, 0.3) is 38.7 Å². The molecule has 0 saturated heterocycles. The number of halogens is 2. The van der Waals surface area contributed by atoms with Gasteiger partial charge < -0.3 is 20.1 Å². The number of phenolic OH excluding ortho intramolecular Hbond substituents is 1. The maximum absolute atomic E-state index is 12.5. The number of carbonyl (C=O) groups is 1. The molecule has 10 heteroatoms. The molecule has 41 heavy (non-hydrogen) atoms. The second-order valence-electron chi connectivity index (χ2n) is 8.50. The summed E-state index contributed by atoms with van der Waals surface area (Å²) in [5.74, 6) is -0.335. The van der Waals surface area contributed by atoms with E-state index in [1.54, 1.807) is 54.7 Å². The van der Waals surface area contributed by atoms with Gasteiger partial charge in [-0.3, -0.25) is 9.78 Å². The smallest absolute Gasteiger partial charge is 0.870 e. The van der Waals surface area contributed by atoms with Crippen molar-refractivity contribution in [2.45, 2.75) is 0 Å². The van der Waals surface area contributed by atoms with Gasteiger partial charge >= 0.3 is 22.7 Å². The fourth-order valence-electron chi connectivity index (χ4n) is 4.04. The van der Waals surface area contributed by atoms with Crippen LogP contribution in [0.3, 0.4) is 0 Å². The number of nitrogens with zero attached hydrogens (tertiary/aromatic N) is 1. The van der Waals surface area contributed by atoms with Crippen LogP contribution in [-0.2, 0) is 17.1 Å². The Kier molecular flexibility index (Phi) is 10.7. The Labute approximate surface area is 263 Å². The van der Waals surface area contributed by atoms with Gasteiger partial charge in [0.15, 0.2) is 5.78 Å². The van der Waals surface area contributed by atoms with Gasteiger partial charge in [-0.2, -0.15) is 0 Å². The van der Waals surface area contributed by atoms with E-state index >= 15 is 0 Å². The summed E-state index contributed by atoms with van der Waals surface area (Å²) in [6.07, 6.45) is 4.51. The monoisotopic (exact) mass is 727 g/mol. The molecular formula is C31H20ClCuINO6. The van der Waals surface area contributed by atoms with Crippen molar-refractivity contribution in [2.75, 3.05) is 0 Å². The molecule has 7 nitrogen and oxygen atoms in total. The molecule has 4 aromatic carbocycles. The Morgan fingerprint density at radius 1 is 0.951 bits per heavy atom. The first kappa shape index (κ1) is 31.8. The number of rotatable bonds is 3. The number of phenols is 1. The largest absolute Gasteiger partial charge is 1.00 e. The van der Waals surface area contributed by atoms with E-state index in [-0.39, 0.29) is 39.6 Å². The van der Waals surface area contributed by atoms with E-state index in [2.05, 4.69) is 4.98 Å². The van der Waals surface area contributed by atoms with E-state index < -0.39 is 11.4 Å². The fourth-order valence-corrected chi connectivity index (χ4v) is 5.05. The molecule has 0 aliphatic carbocycles. The van der Waals surface area contributed by atoms with Crippen LogP contribution in [0.2, 0.25) is 5.02 Å². The Morgan fingerprint density at radius 3 is 2.41 bits per heavy atom. The molecule has 0 spiro atoms.